The molecular weight excluding hydrogens is 292 g/mol. The first-order valence-corrected chi connectivity index (χ1v) is 6.74. The molecule has 2 N–H and O–H groups in total. The number of primary amides is 1. The number of hydrogen-bond acceptors (Lipinski definition) is 5. The Kier molecular flexibility index (Phi) is 3.44. The zero-order chi connectivity index (χ0) is 11.7. The molecule has 1 aromatic heterocycles. The molecule has 2 unspecified atom stereocenters. The molecule has 0 radical (unpaired) electrons. The first-order chi connectivity index (χ1) is 7.58. The first-order valence-electron chi connectivity index (χ1n) is 5.13. The average molecular weight is 305 g/mol. The van der Waals surface area contributed by atoms with E-state index in [0.717, 1.165) is 21.9 Å². The van der Waals surface area contributed by atoms with Crippen LogP contribution in [0.15, 0.2) is 3.92 Å². The topological polar surface area (TPSA) is 72.1 Å². The van der Waals surface area contributed by atoms with Crippen LogP contribution in [0.2, 0.25) is 0 Å². The molecule has 2 heterocycles. The van der Waals surface area contributed by atoms with Crippen molar-refractivity contribution < 1.29 is 4.79 Å². The van der Waals surface area contributed by atoms with E-state index in [4.69, 9.17) is 5.73 Å². The standard InChI is InChI=1S/C9H13BrN4OS/c1-5-2-3-6(7(11)15)4-14(5)9-13-12-8(10)16-9/h5-6H,2-4H2,1H3,(H2,11,15). The molecule has 0 spiro atoms. The number of anilines is 1. The molecule has 0 aliphatic carbocycles. The quantitative estimate of drug-likeness (QED) is 0.896. The second-order valence-corrected chi connectivity index (χ2v) is 6.25. The van der Waals surface area contributed by atoms with E-state index in [0.29, 0.717) is 12.6 Å². The van der Waals surface area contributed by atoms with Gasteiger partial charge in [-0.15, -0.1) is 10.2 Å². The highest BCUT2D eigenvalue weighted by Crippen LogP contribution is 2.31. The van der Waals surface area contributed by atoms with Gasteiger partial charge in [-0.05, 0) is 35.7 Å². The number of aromatic nitrogens is 2. The Morgan fingerprint density at radius 3 is 2.88 bits per heavy atom. The summed E-state index contributed by atoms with van der Waals surface area (Å²) in [6.07, 6.45) is 1.83. The van der Waals surface area contributed by atoms with Crippen molar-refractivity contribution in [3.63, 3.8) is 0 Å². The van der Waals surface area contributed by atoms with Crippen LogP contribution in [0.5, 0.6) is 0 Å². The van der Waals surface area contributed by atoms with Crippen LogP contribution in [-0.2, 0) is 4.79 Å². The maximum absolute atomic E-state index is 11.2. The van der Waals surface area contributed by atoms with Gasteiger partial charge in [-0.25, -0.2) is 0 Å². The van der Waals surface area contributed by atoms with Gasteiger partial charge >= 0.3 is 0 Å². The van der Waals surface area contributed by atoms with Gasteiger partial charge in [0.15, 0.2) is 3.92 Å². The maximum atomic E-state index is 11.2. The third-order valence-corrected chi connectivity index (χ3v) is 4.31. The maximum Gasteiger partial charge on any atom is 0.222 e. The summed E-state index contributed by atoms with van der Waals surface area (Å²) in [6.45, 7) is 2.78. The number of rotatable bonds is 2. The average Bonchev–Trinajstić information content (AvgIpc) is 2.65. The number of carbonyl (C=O) groups excluding carboxylic acids is 1. The summed E-state index contributed by atoms with van der Waals surface area (Å²) in [6, 6.07) is 0.385. The highest BCUT2D eigenvalue weighted by molar-refractivity contribution is 9.11. The van der Waals surface area contributed by atoms with Gasteiger partial charge in [0, 0.05) is 12.6 Å². The molecule has 7 heteroatoms. The minimum atomic E-state index is -0.222. The van der Waals surface area contributed by atoms with Crippen LogP contribution in [0.1, 0.15) is 19.8 Å². The molecule has 5 nitrogen and oxygen atoms in total. The van der Waals surface area contributed by atoms with E-state index in [1.54, 1.807) is 0 Å². The van der Waals surface area contributed by atoms with E-state index in [-0.39, 0.29) is 11.8 Å². The number of nitrogens with two attached hydrogens (primary N) is 1. The fourth-order valence-electron chi connectivity index (χ4n) is 1.92. The largest absolute Gasteiger partial charge is 0.369 e. The van der Waals surface area contributed by atoms with Crippen molar-refractivity contribution in [3.05, 3.63) is 3.92 Å². The third kappa shape index (κ3) is 2.35. The molecule has 1 saturated heterocycles. The summed E-state index contributed by atoms with van der Waals surface area (Å²) in [4.78, 5) is 13.3. The highest BCUT2D eigenvalue weighted by Gasteiger charge is 2.30. The van der Waals surface area contributed by atoms with Gasteiger partial charge in [-0.1, -0.05) is 11.3 Å². The van der Waals surface area contributed by atoms with Gasteiger partial charge in [0.25, 0.3) is 0 Å². The van der Waals surface area contributed by atoms with Crippen molar-refractivity contribution in [1.82, 2.24) is 10.2 Å². The molecule has 0 bridgehead atoms. The molecule has 2 atom stereocenters. The van der Waals surface area contributed by atoms with Gasteiger partial charge in [0.1, 0.15) is 0 Å². The Bertz CT molecular complexity index is 397. The highest BCUT2D eigenvalue weighted by atomic mass is 79.9. The van der Waals surface area contributed by atoms with E-state index >= 15 is 0 Å². The molecule has 1 aromatic rings. The Labute approximate surface area is 106 Å². The fraction of sp³-hybridized carbons (Fsp3) is 0.667. The molecule has 1 fully saturated rings. The number of amides is 1. The van der Waals surface area contributed by atoms with Gasteiger partial charge in [-0.2, -0.15) is 0 Å². The normalized spacial score (nSPS) is 25.8. The Balaban J connectivity index is 2.15. The van der Waals surface area contributed by atoms with Crippen LogP contribution in [0.4, 0.5) is 5.13 Å². The summed E-state index contributed by atoms with van der Waals surface area (Å²) in [5.74, 6) is -0.292. The van der Waals surface area contributed by atoms with Crippen molar-refractivity contribution in [2.75, 3.05) is 11.4 Å². The second kappa shape index (κ2) is 4.67. The van der Waals surface area contributed by atoms with Crippen LogP contribution < -0.4 is 10.6 Å². The molecular formula is C9H13BrN4OS. The molecule has 1 aliphatic heterocycles. The molecule has 88 valence electrons. The Morgan fingerprint density at radius 1 is 1.56 bits per heavy atom. The van der Waals surface area contributed by atoms with Crippen LogP contribution in [0.3, 0.4) is 0 Å². The van der Waals surface area contributed by atoms with Crippen LogP contribution in [0.25, 0.3) is 0 Å². The van der Waals surface area contributed by atoms with Gasteiger partial charge in [0.2, 0.25) is 11.0 Å². The van der Waals surface area contributed by atoms with Gasteiger partial charge < -0.3 is 10.6 Å². The SMILES string of the molecule is CC1CCC(C(N)=O)CN1c1nnc(Br)s1. The lowest BCUT2D eigenvalue weighted by Crippen LogP contribution is -2.45. The lowest BCUT2D eigenvalue weighted by Gasteiger charge is -2.36. The predicted molar refractivity (Wildman–Crippen MR) is 66.3 cm³/mol. The number of carbonyl (C=O) groups is 1. The Morgan fingerprint density at radius 2 is 2.31 bits per heavy atom. The molecule has 1 aliphatic rings. The van der Waals surface area contributed by atoms with Crippen molar-refractivity contribution in [3.8, 4) is 0 Å². The molecule has 1 amide bonds. The monoisotopic (exact) mass is 304 g/mol. The number of piperidine rings is 1. The van der Waals surface area contributed by atoms with Crippen molar-refractivity contribution in [2.45, 2.75) is 25.8 Å². The van der Waals surface area contributed by atoms with E-state index < -0.39 is 0 Å². The van der Waals surface area contributed by atoms with Gasteiger partial charge in [-0.3, -0.25) is 4.79 Å². The summed E-state index contributed by atoms with van der Waals surface area (Å²) >= 11 is 4.77. The first kappa shape index (κ1) is 11.8. The number of hydrogen-bond donors (Lipinski definition) is 1. The molecule has 2 rings (SSSR count). The molecule has 0 aromatic carbocycles. The number of nitrogens with zero attached hydrogens (tertiary/aromatic N) is 3. The van der Waals surface area contributed by atoms with E-state index in [2.05, 4.69) is 38.0 Å². The minimum Gasteiger partial charge on any atom is -0.369 e. The fourth-order valence-corrected chi connectivity index (χ4v) is 3.12. The van der Waals surface area contributed by atoms with E-state index in [1.165, 1.54) is 11.3 Å². The summed E-state index contributed by atoms with van der Waals surface area (Å²) < 4.78 is 0.760. The van der Waals surface area contributed by atoms with E-state index in [1.807, 2.05) is 0 Å². The lowest BCUT2D eigenvalue weighted by atomic mass is 9.93. The molecule has 0 saturated carbocycles. The van der Waals surface area contributed by atoms with Crippen molar-refractivity contribution in [1.29, 1.82) is 0 Å². The molecule has 16 heavy (non-hydrogen) atoms. The Hall–Kier alpha value is -0.690. The third-order valence-electron chi connectivity index (χ3n) is 2.92. The zero-order valence-corrected chi connectivity index (χ0v) is 11.3. The second-order valence-electron chi connectivity index (χ2n) is 4.02. The number of halogens is 1. The van der Waals surface area contributed by atoms with Crippen LogP contribution in [-0.4, -0.2) is 28.7 Å². The van der Waals surface area contributed by atoms with E-state index in [9.17, 15) is 4.79 Å². The van der Waals surface area contributed by atoms with Crippen LogP contribution >= 0.6 is 27.3 Å². The van der Waals surface area contributed by atoms with Crippen molar-refractivity contribution >= 4 is 38.3 Å². The summed E-state index contributed by atoms with van der Waals surface area (Å²) in [7, 11) is 0. The van der Waals surface area contributed by atoms with Crippen molar-refractivity contribution in [2.24, 2.45) is 11.7 Å². The lowest BCUT2D eigenvalue weighted by molar-refractivity contribution is -0.122. The summed E-state index contributed by atoms with van der Waals surface area (Å²) in [5, 5.41) is 8.85. The van der Waals surface area contributed by atoms with Gasteiger partial charge in [0.05, 0.1) is 5.92 Å². The summed E-state index contributed by atoms with van der Waals surface area (Å²) in [5.41, 5.74) is 5.35. The van der Waals surface area contributed by atoms with Crippen LogP contribution in [0, 0.1) is 5.92 Å². The smallest absolute Gasteiger partial charge is 0.222 e. The zero-order valence-electron chi connectivity index (χ0n) is 8.89. The predicted octanol–water partition coefficient (Wildman–Crippen LogP) is 1.39. The minimum absolute atomic E-state index is 0.0705.